The molecule has 1 fully saturated rings. The van der Waals surface area contributed by atoms with E-state index in [2.05, 4.69) is 58.4 Å². The maximum atomic E-state index is 13.2. The molecule has 5 nitrogen and oxygen atoms in total. The topological polar surface area (TPSA) is 44.8 Å². The van der Waals surface area contributed by atoms with Gasteiger partial charge in [0.25, 0.3) is 5.91 Å². The van der Waals surface area contributed by atoms with E-state index >= 15 is 0 Å². The molecular formula is C28H31N3O2. The highest BCUT2D eigenvalue weighted by molar-refractivity contribution is 6.12. The average molecular weight is 442 g/mol. The molecule has 170 valence electrons. The summed E-state index contributed by atoms with van der Waals surface area (Å²) >= 11 is 0. The van der Waals surface area contributed by atoms with E-state index in [0.717, 1.165) is 61.7 Å². The van der Waals surface area contributed by atoms with E-state index in [1.54, 1.807) is 7.11 Å². The molecule has 3 aromatic rings. The van der Waals surface area contributed by atoms with Crippen molar-refractivity contribution in [2.75, 3.05) is 44.7 Å². The third-order valence-electron chi connectivity index (χ3n) is 6.90. The van der Waals surface area contributed by atoms with Crippen LogP contribution < -0.4 is 15.0 Å². The molecule has 1 unspecified atom stereocenters. The van der Waals surface area contributed by atoms with E-state index < -0.39 is 0 Å². The van der Waals surface area contributed by atoms with E-state index in [0.29, 0.717) is 0 Å². The Morgan fingerprint density at radius 1 is 0.909 bits per heavy atom. The van der Waals surface area contributed by atoms with Gasteiger partial charge in [0.15, 0.2) is 0 Å². The van der Waals surface area contributed by atoms with Crippen LogP contribution in [0.3, 0.4) is 0 Å². The monoisotopic (exact) mass is 441 g/mol. The number of benzene rings is 3. The van der Waals surface area contributed by atoms with Crippen LogP contribution >= 0.6 is 0 Å². The summed E-state index contributed by atoms with van der Waals surface area (Å²) in [5.41, 5.74) is 6.62. The number of hydrogen-bond acceptors (Lipinski definition) is 4. The van der Waals surface area contributed by atoms with Gasteiger partial charge in [0.05, 0.1) is 12.8 Å². The third kappa shape index (κ3) is 4.09. The number of nitrogens with one attached hydrogen (secondary N) is 1. The van der Waals surface area contributed by atoms with Gasteiger partial charge in [-0.05, 0) is 41.3 Å². The van der Waals surface area contributed by atoms with Crippen LogP contribution in [0.5, 0.6) is 5.75 Å². The predicted molar refractivity (Wildman–Crippen MR) is 134 cm³/mol. The Balaban J connectivity index is 1.21. The number of amides is 1. The summed E-state index contributed by atoms with van der Waals surface area (Å²) in [6.07, 6.45) is 0.907. The fourth-order valence-corrected chi connectivity index (χ4v) is 5.04. The zero-order chi connectivity index (χ0) is 22.8. The Labute approximate surface area is 196 Å². The summed E-state index contributed by atoms with van der Waals surface area (Å²) in [6, 6.07) is 22.7. The fraction of sp³-hybridized carbons (Fsp3) is 0.321. The van der Waals surface area contributed by atoms with Crippen LogP contribution in [0.15, 0.2) is 66.7 Å². The van der Waals surface area contributed by atoms with Gasteiger partial charge in [-0.15, -0.1) is 0 Å². The van der Waals surface area contributed by atoms with Gasteiger partial charge >= 0.3 is 0 Å². The van der Waals surface area contributed by atoms with E-state index in [1.165, 1.54) is 16.7 Å². The van der Waals surface area contributed by atoms with Gasteiger partial charge in [0.2, 0.25) is 0 Å². The molecule has 1 heterocycles. The van der Waals surface area contributed by atoms with Crippen LogP contribution in [0, 0.1) is 0 Å². The van der Waals surface area contributed by atoms with Crippen molar-refractivity contribution >= 4 is 11.6 Å². The minimum absolute atomic E-state index is 0.0286. The number of fused-ring (bicyclic) bond motifs is 4. The van der Waals surface area contributed by atoms with E-state index in [1.807, 2.05) is 30.3 Å². The van der Waals surface area contributed by atoms with Crippen molar-refractivity contribution in [3.05, 3.63) is 72.3 Å². The maximum Gasteiger partial charge on any atom is 0.252 e. The van der Waals surface area contributed by atoms with Crippen molar-refractivity contribution in [3.8, 4) is 28.0 Å². The molecule has 5 heteroatoms. The highest BCUT2D eigenvalue weighted by Gasteiger charge is 2.28. The van der Waals surface area contributed by atoms with Crippen LogP contribution in [0.25, 0.3) is 22.3 Å². The number of methoxy groups -OCH3 is 1. The molecule has 5 rings (SSSR count). The maximum absolute atomic E-state index is 13.2. The molecule has 0 bridgehead atoms. The van der Waals surface area contributed by atoms with Gasteiger partial charge in [-0.1, -0.05) is 55.5 Å². The van der Waals surface area contributed by atoms with Crippen LogP contribution in [0.1, 0.15) is 23.7 Å². The molecule has 1 atom stereocenters. The number of anilines is 1. The van der Waals surface area contributed by atoms with Crippen LogP contribution in [-0.2, 0) is 0 Å². The molecule has 3 aromatic carbocycles. The lowest BCUT2D eigenvalue weighted by Gasteiger charge is -2.38. The van der Waals surface area contributed by atoms with E-state index in [-0.39, 0.29) is 11.9 Å². The molecule has 1 saturated heterocycles. The highest BCUT2D eigenvalue weighted by atomic mass is 16.5. The van der Waals surface area contributed by atoms with E-state index in [9.17, 15) is 4.79 Å². The van der Waals surface area contributed by atoms with Gasteiger partial charge in [-0.3, -0.25) is 9.69 Å². The Kier molecular flexibility index (Phi) is 6.05. The van der Waals surface area contributed by atoms with Gasteiger partial charge in [0.1, 0.15) is 5.75 Å². The zero-order valence-electron chi connectivity index (χ0n) is 19.4. The minimum Gasteiger partial charge on any atom is -0.495 e. The Hall–Kier alpha value is -3.31. The van der Waals surface area contributed by atoms with Gasteiger partial charge in [-0.25, -0.2) is 0 Å². The first-order valence-electron chi connectivity index (χ1n) is 11.8. The number of carbonyl (C=O) groups is 1. The molecule has 1 N–H and O–H groups in total. The van der Waals surface area contributed by atoms with Crippen LogP contribution in [0.2, 0.25) is 0 Å². The zero-order valence-corrected chi connectivity index (χ0v) is 19.4. The predicted octanol–water partition coefficient (Wildman–Crippen LogP) is 4.67. The Morgan fingerprint density at radius 2 is 1.61 bits per heavy atom. The summed E-state index contributed by atoms with van der Waals surface area (Å²) in [7, 11) is 1.72. The molecule has 1 aliphatic heterocycles. The smallest absolute Gasteiger partial charge is 0.252 e. The first-order chi connectivity index (χ1) is 16.2. The lowest BCUT2D eigenvalue weighted by molar-refractivity contribution is 0.0922. The molecule has 1 aliphatic carbocycles. The van der Waals surface area contributed by atoms with Crippen molar-refractivity contribution < 1.29 is 9.53 Å². The highest BCUT2D eigenvalue weighted by Crippen LogP contribution is 2.48. The number of rotatable bonds is 7. The SMILES string of the molecule is CCC(CN1CCN(c2ccccc2OC)CC1)NC(=O)c1cccc2c1-c1ccccc1-2. The number of ether oxygens (including phenoxy) is 1. The van der Waals surface area contributed by atoms with Crippen molar-refractivity contribution in [1.82, 2.24) is 10.2 Å². The minimum atomic E-state index is 0.0286. The second kappa shape index (κ2) is 9.28. The molecule has 2 aliphatic rings. The number of nitrogens with zero attached hydrogens (tertiary/aromatic N) is 2. The number of carbonyl (C=O) groups excluding carboxylic acids is 1. The first kappa shape index (κ1) is 21.5. The summed E-state index contributed by atoms with van der Waals surface area (Å²) in [5.74, 6) is 0.951. The quantitative estimate of drug-likeness (QED) is 0.453. The van der Waals surface area contributed by atoms with Crippen molar-refractivity contribution in [3.63, 3.8) is 0 Å². The third-order valence-corrected chi connectivity index (χ3v) is 6.90. The molecular weight excluding hydrogens is 410 g/mol. The van der Waals surface area contributed by atoms with Gasteiger partial charge in [-0.2, -0.15) is 0 Å². The molecule has 0 aromatic heterocycles. The second-order valence-electron chi connectivity index (χ2n) is 8.81. The average Bonchev–Trinajstić information content (AvgIpc) is 2.86. The first-order valence-corrected chi connectivity index (χ1v) is 11.8. The van der Waals surface area contributed by atoms with E-state index in [4.69, 9.17) is 4.74 Å². The molecule has 0 radical (unpaired) electrons. The van der Waals surface area contributed by atoms with Crippen molar-refractivity contribution in [1.29, 1.82) is 0 Å². The standard InChI is InChI=1S/C28H31N3O2/c1-3-20(19-30-15-17-31(18-16-30)25-13-6-7-14-26(25)33-2)29-28(32)24-12-8-11-23-21-9-4-5-10-22(21)27(23)24/h4-14,20H,3,15-19H2,1-2H3,(H,29,32). The summed E-state index contributed by atoms with van der Waals surface area (Å²) in [5, 5.41) is 3.31. The summed E-state index contributed by atoms with van der Waals surface area (Å²) in [6.45, 7) is 6.86. The number of hydrogen-bond donors (Lipinski definition) is 1. The van der Waals surface area contributed by atoms with Crippen LogP contribution in [0.4, 0.5) is 5.69 Å². The molecule has 1 amide bonds. The molecule has 0 spiro atoms. The normalized spacial score (nSPS) is 15.8. The van der Waals surface area contributed by atoms with Crippen molar-refractivity contribution in [2.24, 2.45) is 0 Å². The van der Waals surface area contributed by atoms with Crippen LogP contribution in [-0.4, -0.2) is 56.7 Å². The number of para-hydroxylation sites is 2. The largest absolute Gasteiger partial charge is 0.495 e. The Morgan fingerprint density at radius 3 is 2.36 bits per heavy atom. The van der Waals surface area contributed by atoms with Gasteiger partial charge in [0, 0.05) is 49.9 Å². The van der Waals surface area contributed by atoms with Crippen molar-refractivity contribution in [2.45, 2.75) is 19.4 Å². The lowest BCUT2D eigenvalue weighted by atomic mass is 9.78. The second-order valence-corrected chi connectivity index (χ2v) is 8.81. The molecule has 0 saturated carbocycles. The summed E-state index contributed by atoms with van der Waals surface area (Å²) < 4.78 is 5.54. The number of piperazine rings is 1. The van der Waals surface area contributed by atoms with Gasteiger partial charge < -0.3 is 15.0 Å². The lowest BCUT2D eigenvalue weighted by Crippen LogP contribution is -2.51. The molecule has 33 heavy (non-hydrogen) atoms. The summed E-state index contributed by atoms with van der Waals surface area (Å²) in [4.78, 5) is 18.1. The fourth-order valence-electron chi connectivity index (χ4n) is 5.04. The Bertz CT molecular complexity index is 1150.